The maximum absolute atomic E-state index is 12.3. The number of amides is 1. The van der Waals surface area contributed by atoms with Crippen LogP contribution in [0.15, 0.2) is 42.5 Å². The number of benzene rings is 2. The van der Waals surface area contributed by atoms with Crippen molar-refractivity contribution in [3.05, 3.63) is 58.6 Å². The lowest BCUT2D eigenvalue weighted by Gasteiger charge is -2.18. The van der Waals surface area contributed by atoms with Gasteiger partial charge in [0.15, 0.2) is 0 Å². The molecule has 116 valence electrons. The maximum atomic E-state index is 12.3. The van der Waals surface area contributed by atoms with Crippen molar-refractivity contribution in [2.75, 3.05) is 14.2 Å². The van der Waals surface area contributed by atoms with Crippen LogP contribution >= 0.6 is 11.6 Å². The number of ether oxygens (including phenoxy) is 2. The molecule has 0 aliphatic rings. The summed E-state index contributed by atoms with van der Waals surface area (Å²) in [6.07, 6.45) is 0. The Balaban J connectivity index is 2.23. The van der Waals surface area contributed by atoms with E-state index in [1.54, 1.807) is 38.5 Å². The highest BCUT2D eigenvalue weighted by atomic mass is 35.5. The average molecular weight is 320 g/mol. The monoisotopic (exact) mass is 319 g/mol. The van der Waals surface area contributed by atoms with Gasteiger partial charge in [-0.25, -0.2) is 0 Å². The number of hydrogen-bond donors (Lipinski definition) is 1. The van der Waals surface area contributed by atoms with Crippen LogP contribution in [0, 0.1) is 0 Å². The van der Waals surface area contributed by atoms with Crippen LogP contribution in [-0.2, 0) is 0 Å². The van der Waals surface area contributed by atoms with Gasteiger partial charge in [0.2, 0.25) is 0 Å². The first-order valence-corrected chi connectivity index (χ1v) is 7.22. The Morgan fingerprint density at radius 1 is 1.14 bits per heavy atom. The number of carbonyl (C=O) groups excluding carboxylic acids is 1. The third-order valence-corrected chi connectivity index (χ3v) is 3.70. The van der Waals surface area contributed by atoms with Crippen LogP contribution in [0.1, 0.15) is 28.9 Å². The molecule has 0 heterocycles. The fourth-order valence-corrected chi connectivity index (χ4v) is 2.40. The predicted octanol–water partition coefficient (Wildman–Crippen LogP) is 3.85. The zero-order valence-electron chi connectivity index (χ0n) is 12.7. The Bertz CT molecular complexity index is 673. The molecule has 0 aliphatic heterocycles. The lowest BCUT2D eigenvalue weighted by molar-refractivity contribution is 0.0939. The van der Waals surface area contributed by atoms with Crippen LogP contribution in [0.25, 0.3) is 0 Å². The van der Waals surface area contributed by atoms with E-state index in [2.05, 4.69) is 5.32 Å². The van der Waals surface area contributed by atoms with Crippen molar-refractivity contribution in [2.45, 2.75) is 13.0 Å². The van der Waals surface area contributed by atoms with Crippen molar-refractivity contribution in [2.24, 2.45) is 0 Å². The van der Waals surface area contributed by atoms with E-state index in [1.807, 2.05) is 25.1 Å². The molecule has 2 aromatic rings. The minimum absolute atomic E-state index is 0.233. The molecular weight excluding hydrogens is 302 g/mol. The van der Waals surface area contributed by atoms with Crippen molar-refractivity contribution in [1.29, 1.82) is 0 Å². The summed E-state index contributed by atoms with van der Waals surface area (Å²) < 4.78 is 10.6. The van der Waals surface area contributed by atoms with Gasteiger partial charge in [-0.3, -0.25) is 4.79 Å². The molecule has 2 rings (SSSR count). The van der Waals surface area contributed by atoms with Gasteiger partial charge in [-0.2, -0.15) is 0 Å². The molecule has 22 heavy (non-hydrogen) atoms. The van der Waals surface area contributed by atoms with Crippen molar-refractivity contribution in [3.8, 4) is 11.5 Å². The SMILES string of the molecule is COc1ccc(OC)c(C(C)NC(=O)c2ccccc2Cl)c1. The van der Waals surface area contributed by atoms with E-state index >= 15 is 0 Å². The quantitative estimate of drug-likeness (QED) is 0.910. The number of carbonyl (C=O) groups is 1. The Hall–Kier alpha value is -2.20. The molecule has 0 aromatic heterocycles. The molecule has 0 radical (unpaired) electrons. The van der Waals surface area contributed by atoms with Gasteiger partial charge in [0.05, 0.1) is 30.8 Å². The summed E-state index contributed by atoms with van der Waals surface area (Å²) in [5.74, 6) is 1.16. The molecule has 4 nitrogen and oxygen atoms in total. The van der Waals surface area contributed by atoms with E-state index in [9.17, 15) is 4.79 Å². The molecule has 2 aromatic carbocycles. The molecule has 0 bridgehead atoms. The molecule has 1 atom stereocenters. The second kappa shape index (κ2) is 7.18. The van der Waals surface area contributed by atoms with Gasteiger partial charge < -0.3 is 14.8 Å². The van der Waals surface area contributed by atoms with Gasteiger partial charge in [-0.15, -0.1) is 0 Å². The summed E-state index contributed by atoms with van der Waals surface area (Å²) in [6.45, 7) is 1.88. The number of hydrogen-bond acceptors (Lipinski definition) is 3. The zero-order valence-corrected chi connectivity index (χ0v) is 13.5. The summed E-state index contributed by atoms with van der Waals surface area (Å²) in [7, 11) is 3.19. The van der Waals surface area contributed by atoms with E-state index in [4.69, 9.17) is 21.1 Å². The highest BCUT2D eigenvalue weighted by Crippen LogP contribution is 2.29. The highest BCUT2D eigenvalue weighted by Gasteiger charge is 2.17. The number of rotatable bonds is 5. The predicted molar refractivity (Wildman–Crippen MR) is 86.9 cm³/mol. The summed E-state index contributed by atoms with van der Waals surface area (Å²) in [5.41, 5.74) is 1.28. The van der Waals surface area contributed by atoms with Crippen molar-refractivity contribution in [3.63, 3.8) is 0 Å². The van der Waals surface area contributed by atoms with Crippen LogP contribution in [0.2, 0.25) is 5.02 Å². The number of methoxy groups -OCH3 is 2. The molecule has 0 saturated heterocycles. The first-order valence-electron chi connectivity index (χ1n) is 6.84. The van der Waals surface area contributed by atoms with Gasteiger partial charge >= 0.3 is 0 Å². The summed E-state index contributed by atoms with van der Waals surface area (Å²) >= 11 is 6.05. The van der Waals surface area contributed by atoms with E-state index in [0.717, 1.165) is 5.56 Å². The third kappa shape index (κ3) is 3.52. The van der Waals surface area contributed by atoms with Gasteiger partial charge in [-0.1, -0.05) is 23.7 Å². The Morgan fingerprint density at radius 2 is 1.86 bits per heavy atom. The Labute approximate surface area is 135 Å². The molecule has 1 amide bonds. The van der Waals surface area contributed by atoms with Crippen molar-refractivity contribution >= 4 is 17.5 Å². The second-order valence-corrected chi connectivity index (χ2v) is 5.19. The van der Waals surface area contributed by atoms with E-state index < -0.39 is 0 Å². The highest BCUT2D eigenvalue weighted by molar-refractivity contribution is 6.33. The molecule has 0 aliphatic carbocycles. The van der Waals surface area contributed by atoms with Crippen molar-refractivity contribution in [1.82, 2.24) is 5.32 Å². The fraction of sp³-hybridized carbons (Fsp3) is 0.235. The molecule has 1 N–H and O–H groups in total. The lowest BCUT2D eigenvalue weighted by atomic mass is 10.1. The van der Waals surface area contributed by atoms with Gasteiger partial charge in [0, 0.05) is 5.56 Å². The number of halogens is 1. The molecule has 1 unspecified atom stereocenters. The van der Waals surface area contributed by atoms with Crippen LogP contribution in [0.4, 0.5) is 0 Å². The first-order chi connectivity index (χ1) is 10.6. The smallest absolute Gasteiger partial charge is 0.253 e. The molecule has 0 fully saturated rings. The Morgan fingerprint density at radius 3 is 2.50 bits per heavy atom. The molecule has 0 saturated carbocycles. The number of nitrogens with one attached hydrogen (secondary N) is 1. The third-order valence-electron chi connectivity index (χ3n) is 3.37. The summed E-state index contributed by atoms with van der Waals surface area (Å²) in [6, 6.07) is 12.1. The van der Waals surface area contributed by atoms with Crippen LogP contribution in [-0.4, -0.2) is 20.1 Å². The van der Waals surface area contributed by atoms with Gasteiger partial charge in [0.1, 0.15) is 11.5 Å². The van der Waals surface area contributed by atoms with Crippen LogP contribution in [0.5, 0.6) is 11.5 Å². The molecule has 0 spiro atoms. The topological polar surface area (TPSA) is 47.6 Å². The van der Waals surface area contributed by atoms with Crippen LogP contribution in [0.3, 0.4) is 0 Å². The molecular formula is C17H18ClNO3. The average Bonchev–Trinajstić information content (AvgIpc) is 2.54. The lowest BCUT2D eigenvalue weighted by Crippen LogP contribution is -2.27. The summed E-state index contributed by atoms with van der Waals surface area (Å²) in [4.78, 5) is 12.3. The van der Waals surface area contributed by atoms with Crippen molar-refractivity contribution < 1.29 is 14.3 Å². The van der Waals surface area contributed by atoms with E-state index in [1.165, 1.54) is 0 Å². The minimum Gasteiger partial charge on any atom is -0.497 e. The maximum Gasteiger partial charge on any atom is 0.253 e. The fourth-order valence-electron chi connectivity index (χ4n) is 2.18. The Kier molecular flexibility index (Phi) is 5.28. The summed E-state index contributed by atoms with van der Waals surface area (Å²) in [5, 5.41) is 3.34. The second-order valence-electron chi connectivity index (χ2n) is 4.78. The van der Waals surface area contributed by atoms with E-state index in [0.29, 0.717) is 22.1 Å². The largest absolute Gasteiger partial charge is 0.497 e. The van der Waals surface area contributed by atoms with Crippen LogP contribution < -0.4 is 14.8 Å². The minimum atomic E-state index is -0.256. The normalized spacial score (nSPS) is 11.6. The van der Waals surface area contributed by atoms with Gasteiger partial charge in [0.25, 0.3) is 5.91 Å². The first kappa shape index (κ1) is 16.2. The zero-order chi connectivity index (χ0) is 16.1. The standard InChI is InChI=1S/C17H18ClNO3/c1-11(14-10-12(21-2)8-9-16(14)22-3)19-17(20)13-6-4-5-7-15(13)18/h4-11H,1-3H3,(H,19,20). The van der Waals surface area contributed by atoms with Gasteiger partial charge in [-0.05, 0) is 37.3 Å². The molecule has 5 heteroatoms. The van der Waals surface area contributed by atoms with E-state index in [-0.39, 0.29) is 11.9 Å².